The molecule has 0 aliphatic rings. The fraction of sp³-hybridized carbons (Fsp3) is 0.250. The molecule has 0 atom stereocenters. The monoisotopic (exact) mass is 226 g/mol. The van der Waals surface area contributed by atoms with Crippen molar-refractivity contribution < 1.29 is 5.11 Å². The molecule has 1 heteroatoms. The van der Waals surface area contributed by atoms with Crippen molar-refractivity contribution in [3.8, 4) is 11.1 Å². The van der Waals surface area contributed by atoms with Crippen molar-refractivity contribution in [3.63, 3.8) is 0 Å². The third-order valence-electron chi connectivity index (χ3n) is 2.93. The lowest BCUT2D eigenvalue weighted by molar-refractivity contribution is 0.284. The van der Waals surface area contributed by atoms with E-state index < -0.39 is 0 Å². The van der Waals surface area contributed by atoms with Gasteiger partial charge in [-0.05, 0) is 36.0 Å². The maximum absolute atomic E-state index is 8.74. The van der Waals surface area contributed by atoms with E-state index in [1.54, 1.807) is 0 Å². The third kappa shape index (κ3) is 3.43. The summed E-state index contributed by atoms with van der Waals surface area (Å²) in [6, 6.07) is 19.1. The van der Waals surface area contributed by atoms with E-state index in [-0.39, 0.29) is 0 Å². The average Bonchev–Trinajstić information content (AvgIpc) is 2.41. The molecule has 1 N–H and O–H groups in total. The van der Waals surface area contributed by atoms with Crippen LogP contribution in [-0.4, -0.2) is 11.7 Å². The van der Waals surface area contributed by atoms with Crippen LogP contribution in [0.4, 0.5) is 0 Å². The molecule has 0 saturated heterocycles. The molecule has 0 aliphatic carbocycles. The van der Waals surface area contributed by atoms with Gasteiger partial charge in [0.15, 0.2) is 0 Å². The zero-order valence-corrected chi connectivity index (χ0v) is 9.97. The van der Waals surface area contributed by atoms with E-state index in [2.05, 4.69) is 48.5 Å². The van der Waals surface area contributed by atoms with Gasteiger partial charge in [-0.2, -0.15) is 0 Å². The fourth-order valence-corrected chi connectivity index (χ4v) is 1.94. The second-order valence-electron chi connectivity index (χ2n) is 4.24. The Labute approximate surface area is 103 Å². The Kier molecular flexibility index (Phi) is 4.34. The number of aryl methyl sites for hydroxylation is 1. The van der Waals surface area contributed by atoms with Crippen LogP contribution in [0.2, 0.25) is 0 Å². The quantitative estimate of drug-likeness (QED) is 0.771. The van der Waals surface area contributed by atoms with Crippen LogP contribution in [-0.2, 0) is 6.42 Å². The summed E-state index contributed by atoms with van der Waals surface area (Å²) in [5.41, 5.74) is 3.86. The van der Waals surface area contributed by atoms with Crippen molar-refractivity contribution in [2.45, 2.75) is 19.3 Å². The summed E-state index contributed by atoms with van der Waals surface area (Å²) in [4.78, 5) is 0. The Morgan fingerprint density at radius 2 is 1.35 bits per heavy atom. The minimum absolute atomic E-state index is 0.294. The molecule has 0 fully saturated rings. The van der Waals surface area contributed by atoms with E-state index in [0.29, 0.717) is 6.61 Å². The van der Waals surface area contributed by atoms with Gasteiger partial charge in [-0.25, -0.2) is 0 Å². The topological polar surface area (TPSA) is 20.2 Å². The molecule has 0 aliphatic heterocycles. The van der Waals surface area contributed by atoms with Crippen LogP contribution in [0.5, 0.6) is 0 Å². The van der Waals surface area contributed by atoms with Gasteiger partial charge in [0.05, 0.1) is 0 Å². The number of unbranched alkanes of at least 4 members (excludes halogenated alkanes) is 1. The van der Waals surface area contributed by atoms with Crippen molar-refractivity contribution >= 4 is 0 Å². The molecule has 0 bridgehead atoms. The number of hydrogen-bond acceptors (Lipinski definition) is 1. The Balaban J connectivity index is 2.03. The van der Waals surface area contributed by atoms with E-state index in [4.69, 9.17) is 5.11 Å². The number of aliphatic hydroxyl groups excluding tert-OH is 1. The van der Waals surface area contributed by atoms with Gasteiger partial charge in [-0.1, -0.05) is 54.6 Å². The first-order valence-corrected chi connectivity index (χ1v) is 6.15. The predicted molar refractivity (Wildman–Crippen MR) is 71.9 cm³/mol. The summed E-state index contributed by atoms with van der Waals surface area (Å²) in [5, 5.41) is 8.74. The van der Waals surface area contributed by atoms with Crippen molar-refractivity contribution in [1.29, 1.82) is 0 Å². The summed E-state index contributed by atoms with van der Waals surface area (Å²) < 4.78 is 0. The van der Waals surface area contributed by atoms with E-state index in [0.717, 1.165) is 19.3 Å². The molecule has 0 unspecified atom stereocenters. The Bertz CT molecular complexity index is 431. The molecule has 0 spiro atoms. The minimum atomic E-state index is 0.294. The van der Waals surface area contributed by atoms with Gasteiger partial charge in [0.25, 0.3) is 0 Å². The maximum Gasteiger partial charge on any atom is 0.0431 e. The number of rotatable bonds is 5. The van der Waals surface area contributed by atoms with Crippen molar-refractivity contribution in [2.24, 2.45) is 0 Å². The Hall–Kier alpha value is -1.60. The summed E-state index contributed by atoms with van der Waals surface area (Å²) in [7, 11) is 0. The average molecular weight is 226 g/mol. The van der Waals surface area contributed by atoms with Crippen LogP contribution >= 0.6 is 0 Å². The van der Waals surface area contributed by atoms with Crippen LogP contribution in [0, 0.1) is 0 Å². The highest BCUT2D eigenvalue weighted by Gasteiger charge is 1.97. The van der Waals surface area contributed by atoms with Gasteiger partial charge in [-0.15, -0.1) is 0 Å². The second-order valence-corrected chi connectivity index (χ2v) is 4.24. The third-order valence-corrected chi connectivity index (χ3v) is 2.93. The van der Waals surface area contributed by atoms with Crippen molar-refractivity contribution in [2.75, 3.05) is 6.61 Å². The van der Waals surface area contributed by atoms with Crippen LogP contribution in [0.25, 0.3) is 11.1 Å². The Morgan fingerprint density at radius 1 is 0.706 bits per heavy atom. The molecule has 2 aromatic rings. The Morgan fingerprint density at radius 3 is 2.00 bits per heavy atom. The summed E-state index contributed by atoms with van der Waals surface area (Å²) in [6.45, 7) is 0.294. The molecule has 1 nitrogen and oxygen atoms in total. The SMILES string of the molecule is OCCCCc1ccc(-c2ccccc2)cc1. The van der Waals surface area contributed by atoms with Gasteiger partial charge < -0.3 is 5.11 Å². The van der Waals surface area contributed by atoms with Crippen LogP contribution in [0.15, 0.2) is 54.6 Å². The molecule has 0 heterocycles. The number of benzene rings is 2. The van der Waals surface area contributed by atoms with Gasteiger partial charge >= 0.3 is 0 Å². The van der Waals surface area contributed by atoms with Crippen LogP contribution < -0.4 is 0 Å². The zero-order valence-electron chi connectivity index (χ0n) is 9.97. The molecule has 0 amide bonds. The van der Waals surface area contributed by atoms with E-state index in [1.165, 1.54) is 16.7 Å². The van der Waals surface area contributed by atoms with Gasteiger partial charge in [0.1, 0.15) is 0 Å². The first-order valence-electron chi connectivity index (χ1n) is 6.15. The summed E-state index contributed by atoms with van der Waals surface area (Å²) >= 11 is 0. The van der Waals surface area contributed by atoms with E-state index in [1.807, 2.05) is 6.07 Å². The number of aliphatic hydroxyl groups is 1. The lowest BCUT2D eigenvalue weighted by Gasteiger charge is -2.04. The first-order chi connectivity index (χ1) is 8.40. The lowest BCUT2D eigenvalue weighted by atomic mass is 10.0. The molecule has 0 radical (unpaired) electrons. The van der Waals surface area contributed by atoms with E-state index in [9.17, 15) is 0 Å². The second kappa shape index (κ2) is 6.21. The van der Waals surface area contributed by atoms with Gasteiger partial charge in [0.2, 0.25) is 0 Å². The highest BCUT2D eigenvalue weighted by atomic mass is 16.2. The highest BCUT2D eigenvalue weighted by Crippen LogP contribution is 2.19. The van der Waals surface area contributed by atoms with Crippen molar-refractivity contribution in [1.82, 2.24) is 0 Å². The number of hydrogen-bond donors (Lipinski definition) is 1. The zero-order chi connectivity index (χ0) is 11.9. The van der Waals surface area contributed by atoms with Crippen molar-refractivity contribution in [3.05, 3.63) is 60.2 Å². The maximum atomic E-state index is 8.74. The molecule has 0 saturated carbocycles. The molecule has 2 rings (SSSR count). The first kappa shape index (κ1) is 11.9. The largest absolute Gasteiger partial charge is 0.396 e. The molecule has 17 heavy (non-hydrogen) atoms. The van der Waals surface area contributed by atoms with Crippen LogP contribution in [0.1, 0.15) is 18.4 Å². The molecular weight excluding hydrogens is 208 g/mol. The van der Waals surface area contributed by atoms with Crippen LogP contribution in [0.3, 0.4) is 0 Å². The summed E-state index contributed by atoms with van der Waals surface area (Å²) in [6.07, 6.45) is 3.00. The normalized spacial score (nSPS) is 10.4. The van der Waals surface area contributed by atoms with Gasteiger partial charge in [-0.3, -0.25) is 0 Å². The standard InChI is InChI=1S/C16H18O/c17-13-5-4-6-14-9-11-16(12-10-14)15-7-2-1-3-8-15/h1-3,7-12,17H,4-6,13H2. The van der Waals surface area contributed by atoms with E-state index >= 15 is 0 Å². The molecule has 0 aromatic heterocycles. The summed E-state index contributed by atoms with van der Waals surface area (Å²) in [5.74, 6) is 0. The molecule has 88 valence electrons. The van der Waals surface area contributed by atoms with Gasteiger partial charge in [0, 0.05) is 6.61 Å². The predicted octanol–water partition coefficient (Wildman–Crippen LogP) is 3.67. The lowest BCUT2D eigenvalue weighted by Crippen LogP contribution is -1.88. The highest BCUT2D eigenvalue weighted by molar-refractivity contribution is 5.63. The molecule has 2 aromatic carbocycles. The fourth-order valence-electron chi connectivity index (χ4n) is 1.94. The minimum Gasteiger partial charge on any atom is -0.396 e. The molecular formula is C16H18O. The smallest absolute Gasteiger partial charge is 0.0431 e.